The Morgan fingerprint density at radius 3 is 2.95 bits per heavy atom. The Labute approximate surface area is 127 Å². The number of allylic oxidation sites excluding steroid dienone is 4. The first-order valence-electron chi connectivity index (χ1n) is 7.71. The molecule has 0 amide bonds. The minimum Gasteiger partial charge on any atom is -0.497 e. The van der Waals surface area contributed by atoms with Gasteiger partial charge in [0, 0.05) is 6.42 Å². The van der Waals surface area contributed by atoms with Crippen LogP contribution in [-0.2, 0) is 11.2 Å². The van der Waals surface area contributed by atoms with E-state index in [0.29, 0.717) is 18.1 Å². The molecule has 0 radical (unpaired) electrons. The summed E-state index contributed by atoms with van der Waals surface area (Å²) in [6, 6.07) is 8.22. The summed E-state index contributed by atoms with van der Waals surface area (Å²) in [6.45, 7) is 2.22. The van der Waals surface area contributed by atoms with Gasteiger partial charge in [-0.3, -0.25) is 4.79 Å². The van der Waals surface area contributed by atoms with Gasteiger partial charge in [-0.1, -0.05) is 37.3 Å². The van der Waals surface area contributed by atoms with Crippen LogP contribution in [0.1, 0.15) is 38.2 Å². The molecular formula is C19H24O2. The van der Waals surface area contributed by atoms with Gasteiger partial charge in [0.1, 0.15) is 5.75 Å². The Balaban J connectivity index is 1.77. The molecule has 2 nitrogen and oxygen atoms in total. The molecule has 112 valence electrons. The Morgan fingerprint density at radius 1 is 1.38 bits per heavy atom. The molecule has 1 atom stereocenters. The molecule has 0 spiro atoms. The van der Waals surface area contributed by atoms with E-state index in [-0.39, 0.29) is 0 Å². The van der Waals surface area contributed by atoms with E-state index in [9.17, 15) is 4.79 Å². The fourth-order valence-electron chi connectivity index (χ4n) is 2.70. The van der Waals surface area contributed by atoms with E-state index >= 15 is 0 Å². The maximum atomic E-state index is 11.5. The SMILES string of the molecule is COc1cccc(CC(C)/C=C/CCC2=CCCC2=O)c1. The van der Waals surface area contributed by atoms with Crippen molar-refractivity contribution in [1.82, 2.24) is 0 Å². The van der Waals surface area contributed by atoms with Crippen molar-refractivity contribution in [1.29, 1.82) is 0 Å². The zero-order chi connectivity index (χ0) is 15.1. The number of ketones is 1. The molecule has 1 unspecified atom stereocenters. The lowest BCUT2D eigenvalue weighted by Crippen LogP contribution is -1.97. The molecule has 1 aromatic rings. The summed E-state index contributed by atoms with van der Waals surface area (Å²) in [7, 11) is 1.70. The van der Waals surface area contributed by atoms with Crippen LogP contribution in [0.5, 0.6) is 5.75 Å². The zero-order valence-corrected chi connectivity index (χ0v) is 13.0. The van der Waals surface area contributed by atoms with Gasteiger partial charge < -0.3 is 4.74 Å². The normalized spacial score (nSPS) is 16.3. The topological polar surface area (TPSA) is 26.3 Å². The molecule has 0 heterocycles. The zero-order valence-electron chi connectivity index (χ0n) is 13.0. The number of hydrogen-bond donors (Lipinski definition) is 0. The second-order valence-electron chi connectivity index (χ2n) is 5.69. The molecule has 21 heavy (non-hydrogen) atoms. The molecule has 0 fully saturated rings. The molecule has 0 saturated carbocycles. The highest BCUT2D eigenvalue weighted by molar-refractivity contribution is 5.97. The van der Waals surface area contributed by atoms with E-state index in [4.69, 9.17) is 4.74 Å². The van der Waals surface area contributed by atoms with E-state index in [1.807, 2.05) is 12.1 Å². The number of hydrogen-bond acceptors (Lipinski definition) is 2. The van der Waals surface area contributed by atoms with Crippen LogP contribution in [-0.4, -0.2) is 12.9 Å². The van der Waals surface area contributed by atoms with Gasteiger partial charge in [-0.2, -0.15) is 0 Å². The molecule has 1 aromatic carbocycles. The molecule has 2 rings (SSSR count). The maximum Gasteiger partial charge on any atom is 0.158 e. The molecule has 0 aliphatic heterocycles. The summed E-state index contributed by atoms with van der Waals surface area (Å²) < 4.78 is 5.25. The molecular weight excluding hydrogens is 260 g/mol. The molecule has 1 aliphatic carbocycles. The predicted octanol–water partition coefficient (Wildman–Crippen LogP) is 4.50. The lowest BCUT2D eigenvalue weighted by Gasteiger charge is -2.08. The predicted molar refractivity (Wildman–Crippen MR) is 86.6 cm³/mol. The van der Waals surface area contributed by atoms with Crippen LogP contribution in [0.2, 0.25) is 0 Å². The summed E-state index contributed by atoms with van der Waals surface area (Å²) in [6.07, 6.45) is 11.1. The van der Waals surface area contributed by atoms with Crippen molar-refractivity contribution in [3.05, 3.63) is 53.6 Å². The van der Waals surface area contributed by atoms with E-state index in [1.54, 1.807) is 7.11 Å². The third-order valence-corrected chi connectivity index (χ3v) is 3.86. The largest absolute Gasteiger partial charge is 0.497 e. The van der Waals surface area contributed by atoms with Crippen molar-refractivity contribution >= 4 is 5.78 Å². The summed E-state index contributed by atoms with van der Waals surface area (Å²) in [4.78, 5) is 11.5. The molecule has 2 heteroatoms. The van der Waals surface area contributed by atoms with Crippen molar-refractivity contribution in [3.8, 4) is 5.75 Å². The summed E-state index contributed by atoms with van der Waals surface area (Å²) in [5, 5.41) is 0. The standard InChI is InChI=1S/C19H24O2/c1-15(13-16-8-5-11-18(14-16)21-2)7-3-4-9-17-10-6-12-19(17)20/h3,5,7-8,10-11,14-15H,4,6,9,12-13H2,1-2H3/b7-3+. The number of carbonyl (C=O) groups excluding carboxylic acids is 1. The van der Waals surface area contributed by atoms with Crippen LogP contribution in [0.15, 0.2) is 48.1 Å². The van der Waals surface area contributed by atoms with Crippen LogP contribution in [0.4, 0.5) is 0 Å². The highest BCUT2D eigenvalue weighted by Crippen LogP contribution is 2.20. The third-order valence-electron chi connectivity index (χ3n) is 3.86. The summed E-state index contributed by atoms with van der Waals surface area (Å²) in [5.41, 5.74) is 2.32. The van der Waals surface area contributed by atoms with Gasteiger partial charge in [-0.05, 0) is 54.9 Å². The number of benzene rings is 1. The number of methoxy groups -OCH3 is 1. The van der Waals surface area contributed by atoms with Crippen molar-refractivity contribution in [2.45, 2.75) is 39.0 Å². The highest BCUT2D eigenvalue weighted by atomic mass is 16.5. The molecule has 0 bridgehead atoms. The Morgan fingerprint density at radius 2 is 2.24 bits per heavy atom. The van der Waals surface area contributed by atoms with Gasteiger partial charge in [0.15, 0.2) is 5.78 Å². The average Bonchev–Trinajstić information content (AvgIpc) is 2.89. The minimum absolute atomic E-state index is 0.341. The van der Waals surface area contributed by atoms with Crippen LogP contribution >= 0.6 is 0 Å². The monoisotopic (exact) mass is 284 g/mol. The van der Waals surface area contributed by atoms with Gasteiger partial charge >= 0.3 is 0 Å². The Bertz CT molecular complexity index is 540. The first-order chi connectivity index (χ1) is 10.2. The second-order valence-corrected chi connectivity index (χ2v) is 5.69. The quantitative estimate of drug-likeness (QED) is 0.689. The number of carbonyl (C=O) groups is 1. The van der Waals surface area contributed by atoms with E-state index in [1.165, 1.54) is 5.56 Å². The van der Waals surface area contributed by atoms with Crippen LogP contribution in [0, 0.1) is 5.92 Å². The van der Waals surface area contributed by atoms with E-state index in [0.717, 1.165) is 37.0 Å². The lowest BCUT2D eigenvalue weighted by atomic mass is 9.99. The van der Waals surface area contributed by atoms with Crippen LogP contribution in [0.25, 0.3) is 0 Å². The first-order valence-corrected chi connectivity index (χ1v) is 7.71. The molecule has 1 aliphatic rings. The number of ether oxygens (including phenoxy) is 1. The van der Waals surface area contributed by atoms with Gasteiger partial charge in [-0.15, -0.1) is 0 Å². The van der Waals surface area contributed by atoms with Gasteiger partial charge in [0.05, 0.1) is 7.11 Å². The Kier molecular flexibility index (Phi) is 5.79. The van der Waals surface area contributed by atoms with Gasteiger partial charge in [-0.25, -0.2) is 0 Å². The van der Waals surface area contributed by atoms with E-state index < -0.39 is 0 Å². The highest BCUT2D eigenvalue weighted by Gasteiger charge is 2.13. The van der Waals surface area contributed by atoms with Crippen LogP contribution in [0.3, 0.4) is 0 Å². The van der Waals surface area contributed by atoms with Gasteiger partial charge in [0.2, 0.25) is 0 Å². The first kappa shape index (κ1) is 15.6. The van der Waals surface area contributed by atoms with Crippen molar-refractivity contribution in [3.63, 3.8) is 0 Å². The molecule has 0 saturated heterocycles. The average molecular weight is 284 g/mol. The summed E-state index contributed by atoms with van der Waals surface area (Å²) in [5.74, 6) is 1.74. The van der Waals surface area contributed by atoms with E-state index in [2.05, 4.69) is 37.3 Å². The Hall–Kier alpha value is -1.83. The lowest BCUT2D eigenvalue weighted by molar-refractivity contribution is -0.115. The van der Waals surface area contributed by atoms with Gasteiger partial charge in [0.25, 0.3) is 0 Å². The maximum absolute atomic E-state index is 11.5. The van der Waals surface area contributed by atoms with Crippen molar-refractivity contribution in [2.24, 2.45) is 5.92 Å². The van der Waals surface area contributed by atoms with Crippen molar-refractivity contribution in [2.75, 3.05) is 7.11 Å². The molecule has 0 aromatic heterocycles. The minimum atomic E-state index is 0.341. The van der Waals surface area contributed by atoms with Crippen LogP contribution < -0.4 is 4.74 Å². The number of rotatable bonds is 7. The van der Waals surface area contributed by atoms with Crippen molar-refractivity contribution < 1.29 is 9.53 Å². The smallest absolute Gasteiger partial charge is 0.158 e. The summed E-state index contributed by atoms with van der Waals surface area (Å²) >= 11 is 0. The molecule has 0 N–H and O–H groups in total. The fraction of sp³-hybridized carbons (Fsp3) is 0.421. The number of Topliss-reactive ketones (excluding diaryl/α,β-unsaturated/α-hetero) is 1. The third kappa shape index (κ3) is 4.89. The fourth-order valence-corrected chi connectivity index (χ4v) is 2.70. The second kappa shape index (κ2) is 7.82.